The second-order valence-electron chi connectivity index (χ2n) is 7.41. The summed E-state index contributed by atoms with van der Waals surface area (Å²) in [5.41, 5.74) is 2.37. The summed E-state index contributed by atoms with van der Waals surface area (Å²) in [7, 11) is 0. The Morgan fingerprint density at radius 1 is 1.25 bits per heavy atom. The molecule has 0 saturated heterocycles. The molecule has 10 heteroatoms. The number of nitro groups is 1. The van der Waals surface area contributed by atoms with Crippen molar-refractivity contribution in [3.63, 3.8) is 0 Å². The molecule has 32 heavy (non-hydrogen) atoms. The van der Waals surface area contributed by atoms with E-state index in [2.05, 4.69) is 4.98 Å². The van der Waals surface area contributed by atoms with Crippen molar-refractivity contribution in [1.29, 1.82) is 0 Å². The Hall–Kier alpha value is -3.30. The highest BCUT2D eigenvalue weighted by atomic mass is 35.5. The third-order valence-electron chi connectivity index (χ3n) is 5.17. The maximum Gasteiger partial charge on any atom is 0.273 e. The quantitative estimate of drug-likeness (QED) is 0.266. The SMILES string of the molecule is Cc1ccc(C(=O)N(CCCn2ccnc2)c2nc3c(C)ccc(Cl)c3s2)cc1[N+](=O)[O-]. The molecule has 0 bridgehead atoms. The zero-order valence-electron chi connectivity index (χ0n) is 17.5. The Morgan fingerprint density at radius 2 is 2.03 bits per heavy atom. The van der Waals surface area contributed by atoms with Gasteiger partial charge in [0, 0.05) is 42.7 Å². The molecule has 0 atom stereocenters. The molecule has 0 fully saturated rings. The molecular formula is C22H20ClN5O3S. The first-order valence-electron chi connectivity index (χ1n) is 9.93. The van der Waals surface area contributed by atoms with Crippen molar-refractivity contribution in [1.82, 2.24) is 14.5 Å². The Balaban J connectivity index is 1.71. The molecule has 2 aromatic heterocycles. The van der Waals surface area contributed by atoms with Crippen LogP contribution in [0.3, 0.4) is 0 Å². The lowest BCUT2D eigenvalue weighted by molar-refractivity contribution is -0.385. The fourth-order valence-corrected chi connectivity index (χ4v) is 4.76. The Labute approximate surface area is 193 Å². The maximum atomic E-state index is 13.5. The predicted octanol–water partition coefficient (Wildman–Crippen LogP) is 5.41. The molecule has 4 rings (SSSR count). The summed E-state index contributed by atoms with van der Waals surface area (Å²) in [6.45, 7) is 4.64. The van der Waals surface area contributed by atoms with Gasteiger partial charge in [-0.1, -0.05) is 35.1 Å². The summed E-state index contributed by atoms with van der Waals surface area (Å²) < 4.78 is 2.74. The molecule has 1 amide bonds. The third kappa shape index (κ3) is 4.35. The van der Waals surface area contributed by atoms with Crippen LogP contribution in [0.15, 0.2) is 49.1 Å². The van der Waals surface area contributed by atoms with E-state index in [-0.39, 0.29) is 17.2 Å². The number of aromatic nitrogens is 3. The molecule has 0 aliphatic rings. The second-order valence-corrected chi connectivity index (χ2v) is 8.79. The standard InChI is InChI=1S/C22H20ClN5O3S/c1-14-4-6-16(12-18(14)28(30)31)21(29)27(10-3-9-26-11-8-24-13-26)22-25-19-15(2)5-7-17(23)20(19)32-22/h4-8,11-13H,3,9-10H2,1-2H3. The van der Waals surface area contributed by atoms with Gasteiger partial charge in [0.15, 0.2) is 5.13 Å². The van der Waals surface area contributed by atoms with Crippen molar-refractivity contribution >= 4 is 49.9 Å². The van der Waals surface area contributed by atoms with E-state index in [4.69, 9.17) is 16.6 Å². The van der Waals surface area contributed by atoms with Gasteiger partial charge < -0.3 is 4.57 Å². The Bertz CT molecular complexity index is 1260. The van der Waals surface area contributed by atoms with Crippen LogP contribution in [0.2, 0.25) is 5.02 Å². The van der Waals surface area contributed by atoms with Crippen LogP contribution in [0.1, 0.15) is 27.9 Å². The first-order valence-corrected chi connectivity index (χ1v) is 11.1. The van der Waals surface area contributed by atoms with Gasteiger partial charge >= 0.3 is 0 Å². The summed E-state index contributed by atoms with van der Waals surface area (Å²) in [6, 6.07) is 8.23. The smallest absolute Gasteiger partial charge is 0.273 e. The summed E-state index contributed by atoms with van der Waals surface area (Å²) >= 11 is 7.71. The van der Waals surface area contributed by atoms with Crippen molar-refractivity contribution in [2.45, 2.75) is 26.8 Å². The lowest BCUT2D eigenvalue weighted by Crippen LogP contribution is -2.32. The van der Waals surface area contributed by atoms with Crippen LogP contribution in [0.25, 0.3) is 10.2 Å². The second kappa shape index (κ2) is 9.05. The van der Waals surface area contributed by atoms with Gasteiger partial charge in [0.1, 0.15) is 0 Å². The normalized spacial score (nSPS) is 11.1. The fourth-order valence-electron chi connectivity index (χ4n) is 3.42. The van der Waals surface area contributed by atoms with E-state index in [0.29, 0.717) is 35.2 Å². The molecule has 0 spiro atoms. The minimum absolute atomic E-state index is 0.0857. The number of amides is 1. The molecule has 0 unspecified atom stereocenters. The Morgan fingerprint density at radius 3 is 2.72 bits per heavy atom. The van der Waals surface area contributed by atoms with Crippen LogP contribution in [0, 0.1) is 24.0 Å². The number of nitrogens with zero attached hydrogens (tertiary/aromatic N) is 5. The van der Waals surface area contributed by atoms with Crippen LogP contribution < -0.4 is 4.90 Å². The molecule has 0 radical (unpaired) electrons. The predicted molar refractivity (Wildman–Crippen MR) is 126 cm³/mol. The summed E-state index contributed by atoms with van der Waals surface area (Å²) in [6.07, 6.45) is 5.93. The lowest BCUT2D eigenvalue weighted by Gasteiger charge is -2.20. The number of benzene rings is 2. The van der Waals surface area contributed by atoms with Gasteiger partial charge in [-0.05, 0) is 38.0 Å². The number of rotatable bonds is 7. The van der Waals surface area contributed by atoms with Crippen LogP contribution in [-0.4, -0.2) is 31.9 Å². The summed E-state index contributed by atoms with van der Waals surface area (Å²) in [5.74, 6) is -0.341. The highest BCUT2D eigenvalue weighted by Crippen LogP contribution is 2.36. The fraction of sp³-hybridized carbons (Fsp3) is 0.227. The third-order valence-corrected chi connectivity index (χ3v) is 6.71. The number of nitro benzene ring substituents is 1. The van der Waals surface area contributed by atoms with Gasteiger partial charge in [0.05, 0.1) is 26.5 Å². The van der Waals surface area contributed by atoms with Gasteiger partial charge in [-0.25, -0.2) is 9.97 Å². The molecule has 8 nitrogen and oxygen atoms in total. The van der Waals surface area contributed by atoms with Gasteiger partial charge in [-0.3, -0.25) is 19.8 Å². The van der Waals surface area contributed by atoms with E-state index in [0.717, 1.165) is 15.8 Å². The molecular weight excluding hydrogens is 450 g/mol. The molecule has 0 N–H and O–H groups in total. The number of carbonyl (C=O) groups excluding carboxylic acids is 1. The monoisotopic (exact) mass is 469 g/mol. The summed E-state index contributed by atoms with van der Waals surface area (Å²) in [5, 5.41) is 12.5. The average Bonchev–Trinajstić information content (AvgIpc) is 3.44. The van der Waals surface area contributed by atoms with Crippen LogP contribution >= 0.6 is 22.9 Å². The number of thiazole rings is 1. The largest absolute Gasteiger partial charge is 0.337 e. The van der Waals surface area contributed by atoms with Crippen molar-refractivity contribution in [3.8, 4) is 0 Å². The van der Waals surface area contributed by atoms with E-state index in [1.807, 2.05) is 29.8 Å². The van der Waals surface area contributed by atoms with Crippen molar-refractivity contribution < 1.29 is 9.72 Å². The highest BCUT2D eigenvalue weighted by molar-refractivity contribution is 7.23. The molecule has 2 aromatic carbocycles. The van der Waals surface area contributed by atoms with Gasteiger partial charge in [0.25, 0.3) is 11.6 Å². The van der Waals surface area contributed by atoms with E-state index < -0.39 is 4.92 Å². The number of aryl methyl sites for hydroxylation is 3. The molecule has 4 aromatic rings. The molecule has 0 aliphatic carbocycles. The maximum absolute atomic E-state index is 13.5. The van der Waals surface area contributed by atoms with Crippen LogP contribution in [-0.2, 0) is 6.54 Å². The Kier molecular flexibility index (Phi) is 6.20. The topological polar surface area (TPSA) is 94.2 Å². The first-order chi connectivity index (χ1) is 15.3. The number of imidazole rings is 1. The van der Waals surface area contributed by atoms with Crippen LogP contribution in [0.5, 0.6) is 0 Å². The van der Waals surface area contributed by atoms with E-state index in [1.54, 1.807) is 36.5 Å². The van der Waals surface area contributed by atoms with E-state index >= 15 is 0 Å². The number of hydrogen-bond donors (Lipinski definition) is 0. The first kappa shape index (κ1) is 21.9. The number of halogens is 1. The van der Waals surface area contributed by atoms with Crippen molar-refractivity contribution in [2.75, 3.05) is 11.4 Å². The molecule has 0 saturated carbocycles. The molecule has 0 aliphatic heterocycles. The lowest BCUT2D eigenvalue weighted by atomic mass is 10.1. The van der Waals surface area contributed by atoms with Crippen LogP contribution in [0.4, 0.5) is 10.8 Å². The van der Waals surface area contributed by atoms with Gasteiger partial charge in [-0.2, -0.15) is 0 Å². The number of hydrogen-bond acceptors (Lipinski definition) is 6. The highest BCUT2D eigenvalue weighted by Gasteiger charge is 2.24. The average molecular weight is 470 g/mol. The number of anilines is 1. The number of carbonyl (C=O) groups is 1. The number of fused-ring (bicyclic) bond motifs is 1. The molecule has 2 heterocycles. The van der Waals surface area contributed by atoms with Crippen molar-refractivity contribution in [3.05, 3.63) is 80.9 Å². The van der Waals surface area contributed by atoms with E-state index in [1.165, 1.54) is 17.4 Å². The minimum Gasteiger partial charge on any atom is -0.337 e. The molecule has 164 valence electrons. The van der Waals surface area contributed by atoms with Gasteiger partial charge in [-0.15, -0.1) is 0 Å². The van der Waals surface area contributed by atoms with Gasteiger partial charge in [0.2, 0.25) is 0 Å². The summed E-state index contributed by atoms with van der Waals surface area (Å²) in [4.78, 5) is 34.7. The zero-order chi connectivity index (χ0) is 22.8. The van der Waals surface area contributed by atoms with Crippen molar-refractivity contribution in [2.24, 2.45) is 0 Å². The minimum atomic E-state index is -0.476. The zero-order valence-corrected chi connectivity index (χ0v) is 19.1. The van der Waals surface area contributed by atoms with E-state index in [9.17, 15) is 14.9 Å².